The van der Waals surface area contributed by atoms with Gasteiger partial charge < -0.3 is 19.6 Å². The van der Waals surface area contributed by atoms with Crippen molar-refractivity contribution in [1.82, 2.24) is 5.32 Å². The summed E-state index contributed by atoms with van der Waals surface area (Å²) in [7, 11) is 0. The van der Waals surface area contributed by atoms with Gasteiger partial charge in [-0.2, -0.15) is 0 Å². The van der Waals surface area contributed by atoms with Crippen LogP contribution in [0.5, 0.6) is 5.75 Å². The third kappa shape index (κ3) is 5.51. The second-order valence-corrected chi connectivity index (χ2v) is 7.86. The van der Waals surface area contributed by atoms with Gasteiger partial charge in [0.05, 0.1) is 10.9 Å². The summed E-state index contributed by atoms with van der Waals surface area (Å²) in [5.41, 5.74) is 0.995. The highest BCUT2D eigenvalue weighted by Crippen LogP contribution is 2.32. The van der Waals surface area contributed by atoms with Crippen molar-refractivity contribution in [2.45, 2.75) is 33.2 Å². The van der Waals surface area contributed by atoms with E-state index in [4.69, 9.17) is 9.15 Å². The van der Waals surface area contributed by atoms with Crippen molar-refractivity contribution >= 4 is 22.6 Å². The zero-order valence-electron chi connectivity index (χ0n) is 17.7. The lowest BCUT2D eigenvalue weighted by atomic mass is 10.0. The molecule has 3 rings (SSSR count). The van der Waals surface area contributed by atoms with Gasteiger partial charge in [-0.25, -0.2) is 9.59 Å². The molecule has 31 heavy (non-hydrogen) atoms. The minimum atomic E-state index is -1.09. The third-order valence-corrected chi connectivity index (χ3v) is 4.77. The zero-order valence-corrected chi connectivity index (χ0v) is 17.7. The predicted molar refractivity (Wildman–Crippen MR) is 117 cm³/mol. The molecule has 2 N–H and O–H groups in total. The van der Waals surface area contributed by atoms with E-state index in [9.17, 15) is 19.5 Å². The first kappa shape index (κ1) is 22.1. The van der Waals surface area contributed by atoms with Crippen molar-refractivity contribution < 1.29 is 23.8 Å². The van der Waals surface area contributed by atoms with E-state index in [1.165, 1.54) is 0 Å². The van der Waals surface area contributed by atoms with Gasteiger partial charge in [-0.1, -0.05) is 43.7 Å². The van der Waals surface area contributed by atoms with E-state index in [1.807, 2.05) is 39.0 Å². The number of hydrogen-bond acceptors (Lipinski definition) is 5. The fourth-order valence-electron chi connectivity index (χ4n) is 3.30. The first-order valence-electron chi connectivity index (χ1n) is 10.0. The van der Waals surface area contributed by atoms with Crippen LogP contribution < -0.4 is 15.7 Å². The fourth-order valence-corrected chi connectivity index (χ4v) is 3.30. The average Bonchev–Trinajstić information content (AvgIpc) is 2.72. The predicted octanol–water partition coefficient (Wildman–Crippen LogP) is 3.76. The number of carbonyl (C=O) groups is 2. The number of hydrogen-bond donors (Lipinski definition) is 2. The maximum absolute atomic E-state index is 12.4. The molecule has 7 heteroatoms. The van der Waals surface area contributed by atoms with Gasteiger partial charge in [0.1, 0.15) is 17.6 Å². The molecule has 162 valence electrons. The minimum absolute atomic E-state index is 0.113. The van der Waals surface area contributed by atoms with E-state index in [0.717, 1.165) is 10.9 Å². The van der Waals surface area contributed by atoms with Crippen molar-refractivity contribution in [2.24, 2.45) is 5.92 Å². The van der Waals surface area contributed by atoms with E-state index >= 15 is 0 Å². The van der Waals surface area contributed by atoms with Crippen molar-refractivity contribution in [1.29, 1.82) is 0 Å². The molecule has 0 bridgehead atoms. The summed E-state index contributed by atoms with van der Waals surface area (Å²) in [6.45, 7) is 5.29. The fraction of sp³-hybridized carbons (Fsp3) is 0.292. The highest BCUT2D eigenvalue weighted by molar-refractivity contribution is 5.86. The van der Waals surface area contributed by atoms with Gasteiger partial charge in [0.2, 0.25) is 0 Å². The summed E-state index contributed by atoms with van der Waals surface area (Å²) in [5, 5.41) is 13.0. The summed E-state index contributed by atoms with van der Waals surface area (Å²) >= 11 is 0. The Kier molecular flexibility index (Phi) is 6.74. The molecule has 0 saturated heterocycles. The van der Waals surface area contributed by atoms with Crippen LogP contribution in [0.3, 0.4) is 0 Å². The second kappa shape index (κ2) is 9.47. The van der Waals surface area contributed by atoms with Gasteiger partial charge in [-0.15, -0.1) is 0 Å². The smallest absolute Gasteiger partial charge is 0.344 e. The summed E-state index contributed by atoms with van der Waals surface area (Å²) in [6, 6.07) is 13.2. The molecule has 0 saturated carbocycles. The van der Waals surface area contributed by atoms with E-state index in [-0.39, 0.29) is 12.5 Å². The number of fused-ring (bicyclic) bond motifs is 1. The molecule has 1 aromatic heterocycles. The molecule has 7 nitrogen and oxygen atoms in total. The highest BCUT2D eigenvalue weighted by atomic mass is 16.5. The van der Waals surface area contributed by atoms with Crippen LogP contribution in [0.15, 0.2) is 57.7 Å². The molecule has 0 aliphatic rings. The lowest BCUT2D eigenvalue weighted by Gasteiger charge is -2.17. The molecule has 0 radical (unpaired) electrons. The van der Waals surface area contributed by atoms with Crippen molar-refractivity contribution in [2.75, 3.05) is 6.61 Å². The molecule has 0 fully saturated rings. The number of aliphatic carboxylic acids is 1. The molecule has 1 amide bonds. The summed E-state index contributed by atoms with van der Waals surface area (Å²) in [5.74, 6) is -0.835. The molecule has 1 atom stereocenters. The van der Waals surface area contributed by atoms with Crippen LogP contribution in [0.4, 0.5) is 0 Å². The number of nitrogens with one attached hydrogen (secondary N) is 1. The van der Waals surface area contributed by atoms with Gasteiger partial charge in [0, 0.05) is 0 Å². The van der Waals surface area contributed by atoms with Gasteiger partial charge in [-0.3, -0.25) is 4.79 Å². The summed E-state index contributed by atoms with van der Waals surface area (Å²) in [6.07, 6.45) is 0.319. The van der Waals surface area contributed by atoms with Crippen molar-refractivity contribution in [3.05, 3.63) is 64.5 Å². The monoisotopic (exact) mass is 423 g/mol. The number of rotatable bonds is 8. The van der Waals surface area contributed by atoms with Gasteiger partial charge in [0.25, 0.3) is 5.91 Å². The first-order chi connectivity index (χ1) is 14.7. The number of aryl methyl sites for hydroxylation is 1. The van der Waals surface area contributed by atoms with Crippen LogP contribution in [0.2, 0.25) is 0 Å². The molecule has 3 aromatic rings. The zero-order chi connectivity index (χ0) is 22.5. The van der Waals surface area contributed by atoms with Crippen LogP contribution in [-0.2, 0) is 9.59 Å². The first-order valence-corrected chi connectivity index (χ1v) is 10.0. The third-order valence-electron chi connectivity index (χ3n) is 4.77. The van der Waals surface area contributed by atoms with Gasteiger partial charge in [-0.05, 0) is 48.9 Å². The maximum atomic E-state index is 12.4. The topological polar surface area (TPSA) is 106 Å². The summed E-state index contributed by atoms with van der Waals surface area (Å²) < 4.78 is 11.2. The van der Waals surface area contributed by atoms with Crippen LogP contribution in [0.1, 0.15) is 25.8 Å². The Labute approximate surface area is 179 Å². The molecule has 0 aliphatic carbocycles. The number of amides is 1. The van der Waals surface area contributed by atoms with E-state index in [2.05, 4.69) is 5.32 Å². The van der Waals surface area contributed by atoms with Crippen LogP contribution >= 0.6 is 0 Å². The molecular formula is C24H25NO6. The minimum Gasteiger partial charge on any atom is -0.483 e. The lowest BCUT2D eigenvalue weighted by molar-refractivity contribution is -0.142. The van der Waals surface area contributed by atoms with Crippen molar-refractivity contribution in [3.8, 4) is 17.1 Å². The Morgan fingerprint density at radius 3 is 2.58 bits per heavy atom. The quantitative estimate of drug-likeness (QED) is 0.571. The van der Waals surface area contributed by atoms with Gasteiger partial charge >= 0.3 is 11.6 Å². The number of benzene rings is 2. The largest absolute Gasteiger partial charge is 0.483 e. The standard InChI is InChI=1S/C24H25NO6/c1-14(2)10-19(23(27)28)25-22(26)13-30-20-9-8-15(3)11-18(20)21-12-16-6-4-5-7-17(16)24(29)31-21/h4-9,11-12,14,19H,10,13H2,1-3H3,(H,25,26)(H,27,28)/t19-/m1/s1. The normalized spacial score (nSPS) is 12.0. The lowest BCUT2D eigenvalue weighted by Crippen LogP contribution is -2.43. The van der Waals surface area contributed by atoms with E-state index in [1.54, 1.807) is 30.3 Å². The second-order valence-electron chi connectivity index (χ2n) is 7.86. The van der Waals surface area contributed by atoms with Crippen LogP contribution in [0, 0.1) is 12.8 Å². The van der Waals surface area contributed by atoms with Crippen LogP contribution in [0.25, 0.3) is 22.1 Å². The Morgan fingerprint density at radius 1 is 1.13 bits per heavy atom. The Hall–Kier alpha value is -3.61. The number of carboxylic acid groups (broad SMARTS) is 1. The molecular weight excluding hydrogens is 398 g/mol. The van der Waals surface area contributed by atoms with Crippen LogP contribution in [-0.4, -0.2) is 29.6 Å². The molecule has 0 spiro atoms. The highest BCUT2D eigenvalue weighted by Gasteiger charge is 2.21. The molecule has 0 unspecified atom stereocenters. The molecule has 2 aromatic carbocycles. The summed E-state index contributed by atoms with van der Waals surface area (Å²) in [4.78, 5) is 36.0. The number of carbonyl (C=O) groups excluding carboxylic acids is 1. The molecule has 1 heterocycles. The maximum Gasteiger partial charge on any atom is 0.344 e. The Balaban J connectivity index is 1.83. The Morgan fingerprint density at radius 2 is 1.87 bits per heavy atom. The van der Waals surface area contributed by atoms with E-state index < -0.39 is 23.5 Å². The average molecular weight is 423 g/mol. The SMILES string of the molecule is Cc1ccc(OCC(=O)N[C@H](CC(C)C)C(=O)O)c(-c2cc3ccccc3c(=O)o2)c1. The van der Waals surface area contributed by atoms with E-state index in [0.29, 0.717) is 28.9 Å². The number of ether oxygens (including phenoxy) is 1. The van der Waals surface area contributed by atoms with Crippen molar-refractivity contribution in [3.63, 3.8) is 0 Å². The number of carboxylic acids is 1. The molecule has 0 aliphatic heterocycles. The van der Waals surface area contributed by atoms with Gasteiger partial charge in [0.15, 0.2) is 6.61 Å². The Bertz CT molecular complexity index is 1160.